The van der Waals surface area contributed by atoms with Gasteiger partial charge in [0.25, 0.3) is 0 Å². The van der Waals surface area contributed by atoms with E-state index in [1.54, 1.807) is 23.3 Å². The zero-order chi connectivity index (χ0) is 17.8. The van der Waals surface area contributed by atoms with Gasteiger partial charge in [-0.15, -0.1) is 0 Å². The number of pyridine rings is 2. The van der Waals surface area contributed by atoms with Crippen molar-refractivity contribution >= 4 is 22.6 Å². The highest BCUT2D eigenvalue weighted by atomic mass is 16.2. The van der Waals surface area contributed by atoms with Gasteiger partial charge in [-0.3, -0.25) is 4.98 Å². The van der Waals surface area contributed by atoms with E-state index in [1.165, 1.54) is 0 Å². The van der Waals surface area contributed by atoms with E-state index in [2.05, 4.69) is 25.7 Å². The summed E-state index contributed by atoms with van der Waals surface area (Å²) in [5, 5.41) is 10.8. The lowest BCUT2D eigenvalue weighted by molar-refractivity contribution is 0.252. The highest BCUT2D eigenvalue weighted by molar-refractivity contribution is 5.99. The maximum Gasteiger partial charge on any atom is 0.319 e. The second-order valence-electron chi connectivity index (χ2n) is 5.66. The monoisotopic (exact) mass is 344 g/mol. The summed E-state index contributed by atoms with van der Waals surface area (Å²) < 4.78 is 1.67. The Balaban J connectivity index is 1.43. The third kappa shape index (κ3) is 3.36. The third-order valence-corrected chi connectivity index (χ3v) is 3.88. The molecule has 7 nitrogen and oxygen atoms in total. The van der Waals surface area contributed by atoms with Crippen molar-refractivity contribution in [3.05, 3.63) is 78.9 Å². The predicted octanol–water partition coefficient (Wildman–Crippen LogP) is 3.14. The lowest BCUT2D eigenvalue weighted by atomic mass is 10.2. The molecule has 0 bridgehead atoms. The van der Waals surface area contributed by atoms with Gasteiger partial charge in [0.1, 0.15) is 0 Å². The van der Waals surface area contributed by atoms with E-state index < -0.39 is 0 Å². The summed E-state index contributed by atoms with van der Waals surface area (Å²) in [5.74, 6) is 0.702. The Morgan fingerprint density at radius 3 is 2.81 bits per heavy atom. The Bertz CT molecular complexity index is 1040. The molecule has 0 unspecified atom stereocenters. The topological polar surface area (TPSA) is 84.7 Å². The van der Waals surface area contributed by atoms with Crippen molar-refractivity contribution in [2.75, 3.05) is 5.32 Å². The number of amides is 2. The first-order valence-electron chi connectivity index (χ1n) is 8.13. The summed E-state index contributed by atoms with van der Waals surface area (Å²) in [6, 6.07) is 14.8. The Hall–Kier alpha value is -3.74. The Kier molecular flexibility index (Phi) is 4.26. The molecular formula is C19H16N6O. The second-order valence-corrected chi connectivity index (χ2v) is 5.66. The molecule has 0 aliphatic heterocycles. The predicted molar refractivity (Wildman–Crippen MR) is 99.0 cm³/mol. The van der Waals surface area contributed by atoms with Crippen molar-refractivity contribution in [2.45, 2.75) is 6.54 Å². The average Bonchev–Trinajstić information content (AvgIpc) is 3.22. The minimum atomic E-state index is -0.291. The van der Waals surface area contributed by atoms with Crippen LogP contribution >= 0.6 is 0 Å². The van der Waals surface area contributed by atoms with Gasteiger partial charge in [0.2, 0.25) is 0 Å². The molecule has 7 heteroatoms. The molecule has 1 aromatic carbocycles. The fourth-order valence-corrected chi connectivity index (χ4v) is 2.65. The Morgan fingerprint density at radius 2 is 1.92 bits per heavy atom. The number of para-hydroxylation sites is 1. The molecule has 0 fully saturated rings. The molecule has 0 saturated carbocycles. The molecule has 4 aromatic rings. The number of anilines is 1. The summed E-state index contributed by atoms with van der Waals surface area (Å²) in [6.07, 6.45) is 6.91. The number of fused-ring (bicyclic) bond motifs is 1. The van der Waals surface area contributed by atoms with E-state index in [0.717, 1.165) is 16.5 Å². The van der Waals surface area contributed by atoms with Gasteiger partial charge in [-0.05, 0) is 35.9 Å². The number of aromatic nitrogens is 4. The minimum Gasteiger partial charge on any atom is -0.334 e. The maximum absolute atomic E-state index is 12.3. The number of nitrogens with zero attached hydrogens (tertiary/aromatic N) is 4. The molecule has 0 saturated heterocycles. The lowest BCUT2D eigenvalue weighted by Gasteiger charge is -2.10. The first-order valence-corrected chi connectivity index (χ1v) is 8.13. The van der Waals surface area contributed by atoms with Crippen LogP contribution < -0.4 is 10.6 Å². The van der Waals surface area contributed by atoms with Gasteiger partial charge in [0.15, 0.2) is 5.82 Å². The molecule has 128 valence electrons. The van der Waals surface area contributed by atoms with Gasteiger partial charge in [-0.2, -0.15) is 5.10 Å². The number of benzene rings is 1. The molecule has 0 spiro atoms. The van der Waals surface area contributed by atoms with Crippen molar-refractivity contribution in [1.29, 1.82) is 0 Å². The van der Waals surface area contributed by atoms with E-state index >= 15 is 0 Å². The van der Waals surface area contributed by atoms with Crippen molar-refractivity contribution in [3.63, 3.8) is 0 Å². The van der Waals surface area contributed by atoms with Crippen LogP contribution in [0.1, 0.15) is 5.56 Å². The van der Waals surface area contributed by atoms with Crippen LogP contribution in [0.15, 0.2) is 73.3 Å². The van der Waals surface area contributed by atoms with E-state index in [-0.39, 0.29) is 6.03 Å². The number of hydrogen-bond acceptors (Lipinski definition) is 4. The summed E-state index contributed by atoms with van der Waals surface area (Å²) >= 11 is 0. The van der Waals surface area contributed by atoms with Crippen molar-refractivity contribution in [2.24, 2.45) is 0 Å². The number of rotatable bonds is 4. The molecule has 26 heavy (non-hydrogen) atoms. The largest absolute Gasteiger partial charge is 0.334 e. The minimum absolute atomic E-state index is 0.291. The zero-order valence-corrected chi connectivity index (χ0v) is 13.8. The summed E-state index contributed by atoms with van der Waals surface area (Å²) in [7, 11) is 0. The van der Waals surface area contributed by atoms with E-state index in [9.17, 15) is 4.79 Å². The van der Waals surface area contributed by atoms with Crippen LogP contribution in [0.3, 0.4) is 0 Å². The van der Waals surface area contributed by atoms with Crippen molar-refractivity contribution < 1.29 is 4.79 Å². The fraction of sp³-hybridized carbons (Fsp3) is 0.0526. The standard InChI is InChI=1S/C19H16N6O/c26-19(24-16-6-1-4-15-5-2-8-21-18(15)16)22-13-14-7-10-20-17(12-14)25-11-3-9-23-25/h1-12H,13H2,(H2,22,24,26). The summed E-state index contributed by atoms with van der Waals surface area (Å²) in [6.45, 7) is 0.376. The molecule has 2 amide bonds. The molecule has 3 aromatic heterocycles. The molecule has 3 heterocycles. The molecule has 0 aliphatic rings. The highest BCUT2D eigenvalue weighted by Gasteiger charge is 2.07. The molecule has 0 radical (unpaired) electrons. The van der Waals surface area contributed by atoms with E-state index in [1.807, 2.05) is 54.7 Å². The molecule has 0 atom stereocenters. The molecular weight excluding hydrogens is 328 g/mol. The van der Waals surface area contributed by atoms with Crippen LogP contribution in [0, 0.1) is 0 Å². The lowest BCUT2D eigenvalue weighted by Crippen LogP contribution is -2.28. The first-order chi connectivity index (χ1) is 12.8. The Labute approximate surface area is 149 Å². The van der Waals surface area contributed by atoms with Crippen LogP contribution in [0.4, 0.5) is 10.5 Å². The summed E-state index contributed by atoms with van der Waals surface area (Å²) in [5.41, 5.74) is 2.36. The number of carbonyl (C=O) groups is 1. The van der Waals surface area contributed by atoms with Crippen LogP contribution in [-0.4, -0.2) is 25.8 Å². The van der Waals surface area contributed by atoms with Gasteiger partial charge in [0.05, 0.1) is 11.2 Å². The smallest absolute Gasteiger partial charge is 0.319 e. The van der Waals surface area contributed by atoms with Crippen LogP contribution in [0.5, 0.6) is 0 Å². The second kappa shape index (κ2) is 7.02. The fourth-order valence-electron chi connectivity index (χ4n) is 2.65. The maximum atomic E-state index is 12.3. The summed E-state index contributed by atoms with van der Waals surface area (Å²) in [4.78, 5) is 20.9. The number of carbonyl (C=O) groups excluding carboxylic acids is 1. The highest BCUT2D eigenvalue weighted by Crippen LogP contribution is 2.20. The van der Waals surface area contributed by atoms with E-state index in [0.29, 0.717) is 18.1 Å². The van der Waals surface area contributed by atoms with Crippen LogP contribution in [0.2, 0.25) is 0 Å². The molecule has 4 rings (SSSR count). The van der Waals surface area contributed by atoms with E-state index in [4.69, 9.17) is 0 Å². The number of urea groups is 1. The normalized spacial score (nSPS) is 10.6. The van der Waals surface area contributed by atoms with Crippen molar-refractivity contribution in [1.82, 2.24) is 25.1 Å². The SMILES string of the molecule is O=C(NCc1ccnc(-n2cccn2)c1)Nc1cccc2cccnc12. The average molecular weight is 344 g/mol. The molecule has 0 aliphatic carbocycles. The number of nitrogens with one attached hydrogen (secondary N) is 2. The Morgan fingerprint density at radius 1 is 1.00 bits per heavy atom. The van der Waals surface area contributed by atoms with Crippen LogP contribution in [0.25, 0.3) is 16.7 Å². The quantitative estimate of drug-likeness (QED) is 0.596. The number of hydrogen-bond donors (Lipinski definition) is 2. The first kappa shape index (κ1) is 15.8. The zero-order valence-electron chi connectivity index (χ0n) is 13.8. The van der Waals surface area contributed by atoms with Gasteiger partial charge in [-0.1, -0.05) is 18.2 Å². The van der Waals surface area contributed by atoms with Gasteiger partial charge in [-0.25, -0.2) is 14.5 Å². The van der Waals surface area contributed by atoms with Gasteiger partial charge in [0, 0.05) is 36.7 Å². The van der Waals surface area contributed by atoms with Gasteiger partial charge >= 0.3 is 6.03 Å². The molecule has 2 N–H and O–H groups in total. The van der Waals surface area contributed by atoms with Crippen LogP contribution in [-0.2, 0) is 6.54 Å². The van der Waals surface area contributed by atoms with Gasteiger partial charge < -0.3 is 10.6 Å². The van der Waals surface area contributed by atoms with Crippen molar-refractivity contribution in [3.8, 4) is 5.82 Å². The third-order valence-electron chi connectivity index (χ3n) is 3.88.